The first kappa shape index (κ1) is 18.5. The van der Waals surface area contributed by atoms with Crippen molar-refractivity contribution in [1.29, 1.82) is 0 Å². The highest BCUT2D eigenvalue weighted by atomic mass is 35.5. The van der Waals surface area contributed by atoms with Crippen LogP contribution in [0, 0.1) is 5.41 Å². The van der Waals surface area contributed by atoms with Crippen LogP contribution in [0.3, 0.4) is 0 Å². The normalized spacial score (nSPS) is 37.0. The predicted molar refractivity (Wildman–Crippen MR) is 90.8 cm³/mol. The average molecular weight is 323 g/mol. The van der Waals surface area contributed by atoms with Crippen LogP contribution in [-0.2, 0) is 0 Å². The Morgan fingerprint density at radius 3 is 2.15 bits per heavy atom. The van der Waals surface area contributed by atoms with Crippen LogP contribution in [0.2, 0.25) is 0 Å². The van der Waals surface area contributed by atoms with Gasteiger partial charge in [0.2, 0.25) is 0 Å². The van der Waals surface area contributed by atoms with Crippen LogP contribution in [0.25, 0.3) is 0 Å². The van der Waals surface area contributed by atoms with Gasteiger partial charge in [0.05, 0.1) is 4.87 Å². The Labute approximate surface area is 135 Å². The zero-order valence-corrected chi connectivity index (χ0v) is 15.3. The molecule has 1 saturated carbocycles. The smallest absolute Gasteiger partial charge is 0.115 e. The minimum atomic E-state index is -0.535. The van der Waals surface area contributed by atoms with Crippen LogP contribution in [0.5, 0.6) is 0 Å². The molecular formula is C16H32Cl2N2. The van der Waals surface area contributed by atoms with Crippen molar-refractivity contribution in [2.75, 3.05) is 13.1 Å². The molecule has 0 saturated heterocycles. The molecule has 0 aliphatic heterocycles. The summed E-state index contributed by atoms with van der Waals surface area (Å²) in [4.78, 5) is -0.971. The number of hydrogen-bond acceptors (Lipinski definition) is 2. The van der Waals surface area contributed by atoms with E-state index in [0.717, 1.165) is 45.2 Å². The topological polar surface area (TPSA) is 24.1 Å². The van der Waals surface area contributed by atoms with E-state index < -0.39 is 9.87 Å². The highest BCUT2D eigenvalue weighted by Gasteiger charge is 2.58. The summed E-state index contributed by atoms with van der Waals surface area (Å²) < 4.78 is 0. The standard InChI is InChI=1S/C16H32Cl2N2/c1-6-9-19-13-11-14(4,5)12-16(18,20-10-7-2)15(13,17)8-3/h13,19-20H,6-12H2,1-5H3. The molecule has 1 rings (SSSR count). The predicted octanol–water partition coefficient (Wildman–Crippen LogP) is 4.50. The summed E-state index contributed by atoms with van der Waals surface area (Å²) in [5, 5.41) is 7.19. The number of halogens is 2. The monoisotopic (exact) mass is 322 g/mol. The fourth-order valence-corrected chi connectivity index (χ4v) is 4.49. The first-order valence-electron chi connectivity index (χ1n) is 8.11. The number of nitrogens with one attached hydrogen (secondary N) is 2. The molecule has 0 amide bonds. The van der Waals surface area contributed by atoms with E-state index in [2.05, 4.69) is 45.3 Å². The second-order valence-corrected chi connectivity index (χ2v) is 8.32. The molecule has 2 nitrogen and oxygen atoms in total. The molecule has 0 aromatic heterocycles. The second-order valence-electron chi connectivity index (χ2n) is 7.00. The van der Waals surface area contributed by atoms with Gasteiger partial charge < -0.3 is 5.32 Å². The van der Waals surface area contributed by atoms with Gasteiger partial charge in [-0.05, 0) is 50.6 Å². The molecule has 1 fully saturated rings. The minimum absolute atomic E-state index is 0.196. The van der Waals surface area contributed by atoms with Gasteiger partial charge in [0, 0.05) is 6.04 Å². The largest absolute Gasteiger partial charge is 0.312 e. The number of alkyl halides is 2. The zero-order valence-electron chi connectivity index (χ0n) is 13.8. The van der Waals surface area contributed by atoms with Gasteiger partial charge in [-0.15, -0.1) is 23.2 Å². The van der Waals surface area contributed by atoms with Crippen molar-refractivity contribution >= 4 is 23.2 Å². The molecule has 3 atom stereocenters. The van der Waals surface area contributed by atoms with Gasteiger partial charge in [0.15, 0.2) is 0 Å². The van der Waals surface area contributed by atoms with E-state index in [-0.39, 0.29) is 11.5 Å². The van der Waals surface area contributed by atoms with Crippen LogP contribution < -0.4 is 10.6 Å². The van der Waals surface area contributed by atoms with Crippen molar-refractivity contribution in [3.63, 3.8) is 0 Å². The van der Waals surface area contributed by atoms with Crippen molar-refractivity contribution < 1.29 is 0 Å². The molecule has 0 aromatic rings. The maximum absolute atomic E-state index is 7.07. The van der Waals surface area contributed by atoms with Crippen LogP contribution in [-0.4, -0.2) is 29.0 Å². The molecule has 0 bridgehead atoms. The fourth-order valence-electron chi connectivity index (χ4n) is 3.48. The van der Waals surface area contributed by atoms with Gasteiger partial charge in [0.1, 0.15) is 5.00 Å². The summed E-state index contributed by atoms with van der Waals surface area (Å²) in [6, 6.07) is 0.250. The molecule has 0 heterocycles. The Bertz CT molecular complexity index is 309. The lowest BCUT2D eigenvalue weighted by Gasteiger charge is -2.56. The van der Waals surface area contributed by atoms with Crippen molar-refractivity contribution in [3.8, 4) is 0 Å². The van der Waals surface area contributed by atoms with E-state index in [1.54, 1.807) is 0 Å². The number of rotatable bonds is 7. The highest BCUT2D eigenvalue weighted by molar-refractivity contribution is 6.35. The van der Waals surface area contributed by atoms with E-state index in [9.17, 15) is 0 Å². The van der Waals surface area contributed by atoms with Gasteiger partial charge in [-0.3, -0.25) is 5.32 Å². The Morgan fingerprint density at radius 2 is 1.65 bits per heavy atom. The molecular weight excluding hydrogens is 291 g/mol. The van der Waals surface area contributed by atoms with E-state index >= 15 is 0 Å². The molecule has 3 unspecified atom stereocenters. The summed E-state index contributed by atoms with van der Waals surface area (Å²) >= 11 is 14.1. The minimum Gasteiger partial charge on any atom is -0.312 e. The molecule has 2 N–H and O–H groups in total. The molecule has 1 aliphatic rings. The summed E-state index contributed by atoms with van der Waals surface area (Å²) in [5.41, 5.74) is 0.196. The fraction of sp³-hybridized carbons (Fsp3) is 1.00. The van der Waals surface area contributed by atoms with E-state index in [0.29, 0.717) is 0 Å². The van der Waals surface area contributed by atoms with Gasteiger partial charge in [0.25, 0.3) is 0 Å². The van der Waals surface area contributed by atoms with Gasteiger partial charge in [-0.25, -0.2) is 0 Å². The third-order valence-electron chi connectivity index (χ3n) is 4.50. The summed E-state index contributed by atoms with van der Waals surface area (Å²) in [5.74, 6) is 0. The second kappa shape index (κ2) is 7.17. The van der Waals surface area contributed by atoms with Crippen LogP contribution in [0.1, 0.15) is 66.7 Å². The summed E-state index contributed by atoms with van der Waals surface area (Å²) in [7, 11) is 0. The van der Waals surface area contributed by atoms with Gasteiger partial charge >= 0.3 is 0 Å². The van der Waals surface area contributed by atoms with Crippen LogP contribution >= 0.6 is 23.2 Å². The van der Waals surface area contributed by atoms with Crippen LogP contribution in [0.15, 0.2) is 0 Å². The first-order chi connectivity index (χ1) is 9.24. The summed E-state index contributed by atoms with van der Waals surface area (Å²) in [6.45, 7) is 13.0. The lowest BCUT2D eigenvalue weighted by atomic mass is 9.65. The third-order valence-corrected chi connectivity index (χ3v) is 6.05. The third kappa shape index (κ3) is 3.82. The molecule has 0 radical (unpaired) electrons. The molecule has 120 valence electrons. The Hall–Kier alpha value is 0.500. The number of hydrogen-bond donors (Lipinski definition) is 2. The van der Waals surface area contributed by atoms with Crippen molar-refractivity contribution in [3.05, 3.63) is 0 Å². The average Bonchev–Trinajstić information content (AvgIpc) is 2.38. The molecule has 1 aliphatic carbocycles. The molecule has 0 spiro atoms. The molecule has 20 heavy (non-hydrogen) atoms. The zero-order chi connectivity index (χ0) is 15.4. The maximum atomic E-state index is 7.07. The van der Waals surface area contributed by atoms with E-state index in [1.807, 2.05) is 0 Å². The van der Waals surface area contributed by atoms with Crippen molar-refractivity contribution in [2.45, 2.75) is 82.6 Å². The SMILES string of the molecule is CCCNC1CC(C)(C)CC(Cl)(NCCC)C1(Cl)CC. The lowest BCUT2D eigenvalue weighted by Crippen LogP contribution is -2.69. The Morgan fingerprint density at radius 1 is 1.05 bits per heavy atom. The van der Waals surface area contributed by atoms with Crippen molar-refractivity contribution in [1.82, 2.24) is 10.6 Å². The summed E-state index contributed by atoms with van der Waals surface area (Å²) in [6.07, 6.45) is 5.03. The van der Waals surface area contributed by atoms with Gasteiger partial charge in [-0.2, -0.15) is 0 Å². The first-order valence-corrected chi connectivity index (χ1v) is 8.86. The molecule has 0 aromatic carbocycles. The van der Waals surface area contributed by atoms with E-state index in [1.165, 1.54) is 0 Å². The van der Waals surface area contributed by atoms with Crippen LogP contribution in [0.4, 0.5) is 0 Å². The maximum Gasteiger partial charge on any atom is 0.115 e. The quantitative estimate of drug-likeness (QED) is 0.532. The molecule has 4 heteroatoms. The van der Waals surface area contributed by atoms with Crippen molar-refractivity contribution in [2.24, 2.45) is 5.41 Å². The van der Waals surface area contributed by atoms with Gasteiger partial charge in [-0.1, -0.05) is 34.6 Å². The Kier molecular flexibility index (Phi) is 6.65. The highest BCUT2D eigenvalue weighted by Crippen LogP contribution is 2.53. The Balaban J connectivity index is 3.04. The van der Waals surface area contributed by atoms with E-state index in [4.69, 9.17) is 23.2 Å². The lowest BCUT2D eigenvalue weighted by molar-refractivity contribution is 0.0916.